The van der Waals surface area contributed by atoms with Gasteiger partial charge < -0.3 is 15.4 Å². The molecule has 2 N–H and O–H groups in total. The fourth-order valence-corrected chi connectivity index (χ4v) is 2.42. The van der Waals surface area contributed by atoms with E-state index in [9.17, 15) is 0 Å². The summed E-state index contributed by atoms with van der Waals surface area (Å²) in [7, 11) is 2.12. The lowest BCUT2D eigenvalue weighted by molar-refractivity contribution is 0.317. The van der Waals surface area contributed by atoms with Gasteiger partial charge in [-0.25, -0.2) is 0 Å². The minimum absolute atomic E-state index is 0.252. The van der Waals surface area contributed by atoms with Crippen molar-refractivity contribution in [1.29, 1.82) is 0 Å². The van der Waals surface area contributed by atoms with Crippen LogP contribution in [0.4, 0.5) is 0 Å². The molecule has 0 aliphatic carbocycles. The fraction of sp³-hybridized carbons (Fsp3) is 0.571. The van der Waals surface area contributed by atoms with Crippen LogP contribution < -0.4 is 10.5 Å². The van der Waals surface area contributed by atoms with E-state index in [1.807, 2.05) is 0 Å². The van der Waals surface area contributed by atoms with Crippen molar-refractivity contribution in [3.63, 3.8) is 0 Å². The number of ether oxygens (including phenoxy) is 1. The first-order valence-corrected chi connectivity index (χ1v) is 6.37. The van der Waals surface area contributed by atoms with Crippen LogP contribution in [0.15, 0.2) is 24.3 Å². The Morgan fingerprint density at radius 2 is 2.00 bits per heavy atom. The summed E-state index contributed by atoms with van der Waals surface area (Å²) in [5.41, 5.74) is 7.47. The number of hydrogen-bond acceptors (Lipinski definition) is 3. The molecule has 2 atom stereocenters. The van der Waals surface area contributed by atoms with Crippen molar-refractivity contribution in [2.75, 3.05) is 26.7 Å². The van der Waals surface area contributed by atoms with Gasteiger partial charge in [0, 0.05) is 25.0 Å². The summed E-state index contributed by atoms with van der Waals surface area (Å²) < 4.78 is 5.58. The van der Waals surface area contributed by atoms with Gasteiger partial charge in [0.15, 0.2) is 0 Å². The quantitative estimate of drug-likeness (QED) is 0.864. The predicted molar refractivity (Wildman–Crippen MR) is 70.4 cm³/mol. The van der Waals surface area contributed by atoms with E-state index < -0.39 is 0 Å². The second-order valence-electron chi connectivity index (χ2n) is 4.91. The largest absolute Gasteiger partial charge is 0.494 e. The highest BCUT2D eigenvalue weighted by molar-refractivity contribution is 5.31. The van der Waals surface area contributed by atoms with Crippen molar-refractivity contribution in [3.05, 3.63) is 29.8 Å². The van der Waals surface area contributed by atoms with E-state index in [2.05, 4.69) is 43.1 Å². The Balaban J connectivity index is 2.02. The number of nitrogens with two attached hydrogens (primary N) is 1. The molecule has 0 bridgehead atoms. The van der Waals surface area contributed by atoms with Crippen molar-refractivity contribution in [2.45, 2.75) is 25.3 Å². The first-order valence-electron chi connectivity index (χ1n) is 6.37. The minimum atomic E-state index is 0.252. The lowest BCUT2D eigenvalue weighted by Gasteiger charge is -2.15. The first kappa shape index (κ1) is 12.4. The van der Waals surface area contributed by atoms with Crippen LogP contribution in [-0.2, 0) is 0 Å². The summed E-state index contributed by atoms with van der Waals surface area (Å²) in [5, 5.41) is 0. The Bertz CT molecular complexity index is 350. The third-order valence-electron chi connectivity index (χ3n) is 3.33. The molecule has 0 unspecified atom stereocenters. The molecular weight excluding hydrogens is 212 g/mol. The molecule has 94 valence electrons. The molecule has 3 nitrogen and oxygen atoms in total. The molecule has 3 heteroatoms. The molecule has 1 aliphatic heterocycles. The van der Waals surface area contributed by atoms with Gasteiger partial charge in [0.1, 0.15) is 5.75 Å². The van der Waals surface area contributed by atoms with Gasteiger partial charge in [0.25, 0.3) is 0 Å². The predicted octanol–water partition coefficient (Wildman–Crippen LogP) is 1.83. The molecule has 0 saturated carbocycles. The average Bonchev–Trinajstić information content (AvgIpc) is 2.66. The zero-order valence-corrected chi connectivity index (χ0v) is 10.7. The Morgan fingerprint density at radius 3 is 2.53 bits per heavy atom. The molecule has 2 rings (SSSR count). The van der Waals surface area contributed by atoms with Crippen LogP contribution in [0, 0.1) is 0 Å². The molecule has 0 spiro atoms. The molecule has 1 aromatic carbocycles. The van der Waals surface area contributed by atoms with Gasteiger partial charge in [-0.15, -0.1) is 0 Å². The smallest absolute Gasteiger partial charge is 0.119 e. The third kappa shape index (κ3) is 2.99. The van der Waals surface area contributed by atoms with E-state index in [-0.39, 0.29) is 6.04 Å². The molecular formula is C14H22N2O. The molecule has 1 fully saturated rings. The SMILES string of the molecule is CCCOc1ccc([C@@H]2CN(C)C[C@@H]2N)cc1. The Labute approximate surface area is 104 Å². The van der Waals surface area contributed by atoms with Gasteiger partial charge in [-0.1, -0.05) is 19.1 Å². The standard InChI is InChI=1S/C14H22N2O/c1-3-8-17-12-6-4-11(5-7-12)13-9-16(2)10-14(13)15/h4-7,13-14H,3,8-10,15H2,1-2H3/t13-,14-/m0/s1. The minimum Gasteiger partial charge on any atom is -0.494 e. The van der Waals surface area contributed by atoms with Gasteiger partial charge in [-0.2, -0.15) is 0 Å². The lowest BCUT2D eigenvalue weighted by Crippen LogP contribution is -2.27. The van der Waals surface area contributed by atoms with E-state index in [1.54, 1.807) is 0 Å². The summed E-state index contributed by atoms with van der Waals surface area (Å²) in [5.74, 6) is 1.41. The summed E-state index contributed by atoms with van der Waals surface area (Å²) in [6, 6.07) is 8.65. The van der Waals surface area contributed by atoms with Gasteiger partial charge in [0.2, 0.25) is 0 Å². The van der Waals surface area contributed by atoms with Gasteiger partial charge >= 0.3 is 0 Å². The van der Waals surface area contributed by atoms with Crippen molar-refractivity contribution < 1.29 is 4.74 Å². The summed E-state index contributed by atoms with van der Waals surface area (Å²) in [4.78, 5) is 2.29. The van der Waals surface area contributed by atoms with Crippen LogP contribution in [0.25, 0.3) is 0 Å². The zero-order chi connectivity index (χ0) is 12.3. The van der Waals surface area contributed by atoms with Gasteiger partial charge in [-0.05, 0) is 31.2 Å². The maximum absolute atomic E-state index is 6.15. The summed E-state index contributed by atoms with van der Waals surface area (Å²) >= 11 is 0. The van der Waals surface area contributed by atoms with Crippen molar-refractivity contribution in [2.24, 2.45) is 5.73 Å². The number of benzene rings is 1. The maximum Gasteiger partial charge on any atom is 0.119 e. The summed E-state index contributed by atoms with van der Waals surface area (Å²) in [6.07, 6.45) is 1.04. The number of likely N-dealkylation sites (tertiary alicyclic amines) is 1. The second-order valence-corrected chi connectivity index (χ2v) is 4.91. The molecule has 1 aliphatic rings. The molecule has 0 radical (unpaired) electrons. The normalized spacial score (nSPS) is 25.1. The van der Waals surface area contributed by atoms with Crippen molar-refractivity contribution in [1.82, 2.24) is 4.90 Å². The van der Waals surface area contributed by atoms with Crippen LogP contribution in [0.2, 0.25) is 0 Å². The second kappa shape index (κ2) is 5.52. The number of likely N-dealkylation sites (N-methyl/N-ethyl adjacent to an activating group) is 1. The van der Waals surface area contributed by atoms with E-state index in [0.29, 0.717) is 5.92 Å². The fourth-order valence-electron chi connectivity index (χ4n) is 2.42. The Kier molecular flexibility index (Phi) is 4.02. The monoisotopic (exact) mass is 234 g/mol. The zero-order valence-electron chi connectivity index (χ0n) is 10.7. The molecule has 1 aromatic rings. The Hall–Kier alpha value is -1.06. The van der Waals surface area contributed by atoms with Gasteiger partial charge in [0.05, 0.1) is 6.61 Å². The van der Waals surface area contributed by atoms with Crippen LogP contribution >= 0.6 is 0 Å². The van der Waals surface area contributed by atoms with Crippen LogP contribution in [-0.4, -0.2) is 37.7 Å². The van der Waals surface area contributed by atoms with Crippen molar-refractivity contribution in [3.8, 4) is 5.75 Å². The Morgan fingerprint density at radius 1 is 1.29 bits per heavy atom. The van der Waals surface area contributed by atoms with Crippen LogP contribution in [0.5, 0.6) is 5.75 Å². The third-order valence-corrected chi connectivity index (χ3v) is 3.33. The molecule has 17 heavy (non-hydrogen) atoms. The van der Waals surface area contributed by atoms with E-state index in [1.165, 1.54) is 5.56 Å². The number of nitrogens with zero attached hydrogens (tertiary/aromatic N) is 1. The summed E-state index contributed by atoms with van der Waals surface area (Å²) in [6.45, 7) is 4.93. The average molecular weight is 234 g/mol. The topological polar surface area (TPSA) is 38.5 Å². The molecule has 0 amide bonds. The number of hydrogen-bond donors (Lipinski definition) is 1. The van der Waals surface area contributed by atoms with Crippen molar-refractivity contribution >= 4 is 0 Å². The van der Waals surface area contributed by atoms with E-state index >= 15 is 0 Å². The highest BCUT2D eigenvalue weighted by Crippen LogP contribution is 2.27. The highest BCUT2D eigenvalue weighted by atomic mass is 16.5. The maximum atomic E-state index is 6.15. The molecule has 1 heterocycles. The van der Waals surface area contributed by atoms with Gasteiger partial charge in [-0.3, -0.25) is 0 Å². The first-order chi connectivity index (χ1) is 8.20. The molecule has 1 saturated heterocycles. The highest BCUT2D eigenvalue weighted by Gasteiger charge is 2.28. The van der Waals surface area contributed by atoms with E-state index in [0.717, 1.165) is 31.9 Å². The van der Waals surface area contributed by atoms with E-state index in [4.69, 9.17) is 10.5 Å². The lowest BCUT2D eigenvalue weighted by atomic mass is 9.95. The molecule has 0 aromatic heterocycles. The van der Waals surface area contributed by atoms with Crippen LogP contribution in [0.1, 0.15) is 24.8 Å². The van der Waals surface area contributed by atoms with Crippen LogP contribution in [0.3, 0.4) is 0 Å². The number of rotatable bonds is 4.